The molecule has 0 aliphatic carbocycles. The fraction of sp³-hybridized carbons (Fsp3) is 0. The standard InChI is InChI=1S/C5HBr2ClN2O2/c6-4-2(8)1-3(10(11)12)5(7)9-4/h1H. The third-order valence-electron chi connectivity index (χ3n) is 1.06. The normalized spacial score (nSPS) is 9.92. The lowest BCUT2D eigenvalue weighted by Crippen LogP contribution is -1.92. The third-order valence-corrected chi connectivity index (χ3v) is 2.77. The molecule has 0 fully saturated rings. The first-order chi connectivity index (χ1) is 5.52. The molecule has 0 bridgehead atoms. The zero-order valence-electron chi connectivity index (χ0n) is 5.42. The number of hydrogen-bond donors (Lipinski definition) is 0. The highest BCUT2D eigenvalue weighted by atomic mass is 79.9. The molecule has 1 heterocycles. The van der Waals surface area contributed by atoms with Gasteiger partial charge in [-0.15, -0.1) is 0 Å². The molecular formula is C5HBr2ClN2O2. The van der Waals surface area contributed by atoms with Gasteiger partial charge in [-0.2, -0.15) is 0 Å². The minimum atomic E-state index is -0.560. The summed E-state index contributed by atoms with van der Waals surface area (Å²) >= 11 is 11.6. The van der Waals surface area contributed by atoms with Gasteiger partial charge in [-0.3, -0.25) is 10.1 Å². The predicted octanol–water partition coefficient (Wildman–Crippen LogP) is 3.17. The number of rotatable bonds is 1. The first-order valence-electron chi connectivity index (χ1n) is 2.68. The van der Waals surface area contributed by atoms with Crippen LogP contribution in [0.3, 0.4) is 0 Å². The van der Waals surface area contributed by atoms with Crippen molar-refractivity contribution in [1.82, 2.24) is 4.98 Å². The van der Waals surface area contributed by atoms with Crippen LogP contribution in [0.5, 0.6) is 0 Å². The summed E-state index contributed by atoms with van der Waals surface area (Å²) in [5, 5.41) is 10.6. The molecule has 0 radical (unpaired) electrons. The highest BCUT2D eigenvalue weighted by molar-refractivity contribution is 9.11. The number of halogens is 3. The molecule has 1 aromatic heterocycles. The fourth-order valence-corrected chi connectivity index (χ4v) is 1.68. The van der Waals surface area contributed by atoms with E-state index in [0.29, 0.717) is 4.60 Å². The average molecular weight is 316 g/mol. The van der Waals surface area contributed by atoms with Gasteiger partial charge in [-0.25, -0.2) is 4.98 Å². The van der Waals surface area contributed by atoms with Gasteiger partial charge in [0.15, 0.2) is 4.60 Å². The number of hydrogen-bond acceptors (Lipinski definition) is 3. The SMILES string of the molecule is O=[N+]([O-])c1cc(Cl)c(Br)nc1Br. The summed E-state index contributed by atoms with van der Waals surface area (Å²) in [6.45, 7) is 0. The third kappa shape index (κ3) is 1.94. The highest BCUT2D eigenvalue weighted by Gasteiger charge is 2.15. The minimum Gasteiger partial charge on any atom is -0.258 e. The Balaban J connectivity index is 3.33. The van der Waals surface area contributed by atoms with E-state index in [0.717, 1.165) is 0 Å². The molecule has 0 amide bonds. The van der Waals surface area contributed by atoms with E-state index in [-0.39, 0.29) is 15.3 Å². The Bertz CT molecular complexity index is 344. The summed E-state index contributed by atoms with van der Waals surface area (Å²) < 4.78 is 0.533. The van der Waals surface area contributed by atoms with Gasteiger partial charge in [0.2, 0.25) is 0 Å². The summed E-state index contributed by atoms with van der Waals surface area (Å²) in [6.07, 6.45) is 0. The molecule has 12 heavy (non-hydrogen) atoms. The second-order valence-electron chi connectivity index (χ2n) is 1.83. The molecule has 0 saturated heterocycles. The predicted molar refractivity (Wildman–Crippen MR) is 51.3 cm³/mol. The quantitative estimate of drug-likeness (QED) is 0.454. The van der Waals surface area contributed by atoms with Crippen LogP contribution in [0.2, 0.25) is 5.02 Å². The van der Waals surface area contributed by atoms with Gasteiger partial charge in [0.25, 0.3) is 0 Å². The molecule has 0 N–H and O–H groups in total. The van der Waals surface area contributed by atoms with Gasteiger partial charge < -0.3 is 0 Å². The van der Waals surface area contributed by atoms with Crippen molar-refractivity contribution < 1.29 is 4.92 Å². The Labute approximate surface area is 89.3 Å². The highest BCUT2D eigenvalue weighted by Crippen LogP contribution is 2.30. The molecule has 1 aromatic rings. The van der Waals surface area contributed by atoms with E-state index in [1.807, 2.05) is 0 Å². The van der Waals surface area contributed by atoms with Crippen LogP contribution in [-0.2, 0) is 0 Å². The summed E-state index contributed by atoms with van der Waals surface area (Å²) in [5.74, 6) is 0. The molecule has 0 spiro atoms. The second-order valence-corrected chi connectivity index (χ2v) is 3.74. The maximum atomic E-state index is 10.3. The number of nitrogens with zero attached hydrogens (tertiary/aromatic N) is 2. The molecule has 0 saturated carbocycles. The van der Waals surface area contributed by atoms with Gasteiger partial charge >= 0.3 is 5.69 Å². The van der Waals surface area contributed by atoms with Crippen molar-refractivity contribution in [3.8, 4) is 0 Å². The van der Waals surface area contributed by atoms with Gasteiger partial charge in [0.05, 0.1) is 9.95 Å². The molecule has 0 aromatic carbocycles. The van der Waals surface area contributed by atoms with Gasteiger partial charge in [-0.1, -0.05) is 11.6 Å². The van der Waals surface area contributed by atoms with E-state index in [1.165, 1.54) is 6.07 Å². The summed E-state index contributed by atoms with van der Waals surface area (Å²) in [7, 11) is 0. The zero-order chi connectivity index (χ0) is 9.30. The fourth-order valence-electron chi connectivity index (χ4n) is 0.564. The van der Waals surface area contributed by atoms with E-state index in [9.17, 15) is 10.1 Å². The van der Waals surface area contributed by atoms with Crippen molar-refractivity contribution in [1.29, 1.82) is 0 Å². The second kappa shape index (κ2) is 3.67. The van der Waals surface area contributed by atoms with E-state index in [2.05, 4.69) is 36.8 Å². The summed E-state index contributed by atoms with van der Waals surface area (Å²) in [6, 6.07) is 1.22. The first kappa shape index (κ1) is 9.88. The van der Waals surface area contributed by atoms with Crippen LogP contribution in [0.25, 0.3) is 0 Å². The first-order valence-corrected chi connectivity index (χ1v) is 4.64. The van der Waals surface area contributed by atoms with Crippen molar-refractivity contribution >= 4 is 49.1 Å². The van der Waals surface area contributed by atoms with Crippen LogP contribution in [0, 0.1) is 10.1 Å². The molecule has 1 rings (SSSR count). The number of aromatic nitrogens is 1. The van der Waals surface area contributed by atoms with Crippen molar-refractivity contribution in [3.05, 3.63) is 30.4 Å². The van der Waals surface area contributed by atoms with Gasteiger partial charge in [-0.05, 0) is 31.9 Å². The smallest absolute Gasteiger partial charge is 0.258 e. The summed E-state index contributed by atoms with van der Waals surface area (Å²) in [4.78, 5) is 13.5. The lowest BCUT2D eigenvalue weighted by atomic mass is 10.4. The Hall–Kier alpha value is -0.200. The molecule has 0 aliphatic rings. The van der Waals surface area contributed by atoms with E-state index < -0.39 is 4.92 Å². The van der Waals surface area contributed by atoms with Crippen molar-refractivity contribution in [2.24, 2.45) is 0 Å². The van der Waals surface area contributed by atoms with Crippen LogP contribution < -0.4 is 0 Å². The number of nitro groups is 1. The lowest BCUT2D eigenvalue weighted by molar-refractivity contribution is -0.386. The average Bonchev–Trinajstić information content (AvgIpc) is 1.96. The molecule has 0 aliphatic heterocycles. The van der Waals surface area contributed by atoms with Crippen molar-refractivity contribution in [3.63, 3.8) is 0 Å². The molecule has 4 nitrogen and oxygen atoms in total. The molecule has 0 atom stereocenters. The Kier molecular flexibility index (Phi) is 3.03. The van der Waals surface area contributed by atoms with Gasteiger partial charge in [0, 0.05) is 6.07 Å². The molecule has 7 heteroatoms. The van der Waals surface area contributed by atoms with Gasteiger partial charge in [0.1, 0.15) is 4.60 Å². The minimum absolute atomic E-state index is 0.150. The Morgan fingerprint density at radius 2 is 2.08 bits per heavy atom. The largest absolute Gasteiger partial charge is 0.303 e. The summed E-state index contributed by atoms with van der Waals surface area (Å²) in [5.41, 5.74) is -0.150. The monoisotopic (exact) mass is 314 g/mol. The van der Waals surface area contributed by atoms with Crippen LogP contribution in [0.4, 0.5) is 5.69 Å². The maximum absolute atomic E-state index is 10.3. The topological polar surface area (TPSA) is 56.0 Å². The molecular weight excluding hydrogens is 315 g/mol. The van der Waals surface area contributed by atoms with Crippen LogP contribution in [0.15, 0.2) is 15.3 Å². The van der Waals surface area contributed by atoms with Crippen LogP contribution in [-0.4, -0.2) is 9.91 Å². The van der Waals surface area contributed by atoms with Crippen LogP contribution >= 0.6 is 43.5 Å². The van der Waals surface area contributed by atoms with Crippen molar-refractivity contribution in [2.45, 2.75) is 0 Å². The molecule has 0 unspecified atom stereocenters. The van der Waals surface area contributed by atoms with E-state index in [1.54, 1.807) is 0 Å². The molecule has 64 valence electrons. The van der Waals surface area contributed by atoms with Crippen LogP contribution in [0.1, 0.15) is 0 Å². The van der Waals surface area contributed by atoms with Crippen molar-refractivity contribution in [2.75, 3.05) is 0 Å². The van der Waals surface area contributed by atoms with E-state index >= 15 is 0 Å². The lowest BCUT2D eigenvalue weighted by Gasteiger charge is -1.96. The zero-order valence-corrected chi connectivity index (χ0v) is 9.35. The Morgan fingerprint density at radius 1 is 1.50 bits per heavy atom. The van der Waals surface area contributed by atoms with E-state index in [4.69, 9.17) is 11.6 Å². The number of pyridine rings is 1. The Morgan fingerprint density at radius 3 is 2.58 bits per heavy atom. The maximum Gasteiger partial charge on any atom is 0.303 e.